The third kappa shape index (κ3) is 2.97. The predicted octanol–water partition coefficient (Wildman–Crippen LogP) is 4.32. The third-order valence-electron chi connectivity index (χ3n) is 2.76. The number of nitrogens with zero attached hydrogens (tertiary/aromatic N) is 2. The molecule has 0 aliphatic rings. The Balaban J connectivity index is 2.40. The summed E-state index contributed by atoms with van der Waals surface area (Å²) >= 11 is 0. The molecular formula is C14H15F3N2. The first-order valence-electron chi connectivity index (χ1n) is 5.92. The second-order valence-electron chi connectivity index (χ2n) is 5.39. The molecule has 0 spiro atoms. The van der Waals surface area contributed by atoms with E-state index >= 15 is 0 Å². The zero-order valence-corrected chi connectivity index (χ0v) is 11.0. The number of halogens is 3. The van der Waals surface area contributed by atoms with Crippen LogP contribution in [0.5, 0.6) is 0 Å². The van der Waals surface area contributed by atoms with Gasteiger partial charge in [-0.3, -0.25) is 4.68 Å². The van der Waals surface area contributed by atoms with Crippen LogP contribution < -0.4 is 0 Å². The van der Waals surface area contributed by atoms with E-state index in [-0.39, 0.29) is 5.54 Å². The largest absolute Gasteiger partial charge is 0.416 e. The van der Waals surface area contributed by atoms with Crippen LogP contribution in [0.4, 0.5) is 13.2 Å². The van der Waals surface area contributed by atoms with Gasteiger partial charge in [0.25, 0.3) is 0 Å². The van der Waals surface area contributed by atoms with Gasteiger partial charge >= 0.3 is 6.18 Å². The van der Waals surface area contributed by atoms with Crippen molar-refractivity contribution >= 4 is 0 Å². The number of hydrogen-bond donors (Lipinski definition) is 0. The number of benzene rings is 1. The lowest BCUT2D eigenvalue weighted by Crippen LogP contribution is -2.22. The molecule has 2 nitrogen and oxygen atoms in total. The lowest BCUT2D eigenvalue weighted by molar-refractivity contribution is -0.137. The zero-order valence-electron chi connectivity index (χ0n) is 11.0. The van der Waals surface area contributed by atoms with Gasteiger partial charge in [0.2, 0.25) is 0 Å². The van der Waals surface area contributed by atoms with Crippen LogP contribution in [0, 0.1) is 0 Å². The van der Waals surface area contributed by atoms with E-state index in [2.05, 4.69) is 5.10 Å². The lowest BCUT2D eigenvalue weighted by Gasteiger charge is -2.18. The van der Waals surface area contributed by atoms with E-state index in [0.717, 1.165) is 12.1 Å². The number of rotatable bonds is 1. The normalized spacial score (nSPS) is 12.7. The topological polar surface area (TPSA) is 17.8 Å². The number of aromatic nitrogens is 2. The van der Waals surface area contributed by atoms with Gasteiger partial charge in [-0.2, -0.15) is 18.3 Å². The molecule has 0 N–H and O–H groups in total. The summed E-state index contributed by atoms with van der Waals surface area (Å²) in [6.07, 6.45) is -2.56. The zero-order chi connectivity index (χ0) is 14.3. The van der Waals surface area contributed by atoms with Crippen LogP contribution in [0.2, 0.25) is 0 Å². The quantitative estimate of drug-likeness (QED) is 0.753. The average molecular weight is 268 g/mol. The van der Waals surface area contributed by atoms with E-state index in [1.54, 1.807) is 23.0 Å². The van der Waals surface area contributed by atoms with Gasteiger partial charge in [0.15, 0.2) is 0 Å². The maximum atomic E-state index is 12.7. The van der Waals surface area contributed by atoms with E-state index in [1.165, 1.54) is 6.07 Å². The summed E-state index contributed by atoms with van der Waals surface area (Å²) in [6.45, 7) is 5.95. The van der Waals surface area contributed by atoms with Crippen molar-refractivity contribution in [1.82, 2.24) is 9.78 Å². The smallest absolute Gasteiger partial charge is 0.267 e. The molecule has 0 saturated heterocycles. The van der Waals surface area contributed by atoms with Gasteiger partial charge in [0.1, 0.15) is 0 Å². The first-order valence-corrected chi connectivity index (χ1v) is 5.92. The van der Waals surface area contributed by atoms with Crippen molar-refractivity contribution in [1.29, 1.82) is 0 Å². The molecule has 1 aromatic heterocycles. The SMILES string of the molecule is CC(C)(C)n1ccc(-c2cccc(C(F)(F)F)c2)n1. The standard InChI is InChI=1S/C14H15F3N2/c1-13(2,3)19-8-7-12(18-19)10-5-4-6-11(9-10)14(15,16)17/h4-9H,1-3H3. The van der Waals surface area contributed by atoms with Gasteiger partial charge in [0.05, 0.1) is 16.8 Å². The monoisotopic (exact) mass is 268 g/mol. The molecule has 0 amide bonds. The molecule has 102 valence electrons. The van der Waals surface area contributed by atoms with Crippen LogP contribution in [-0.4, -0.2) is 9.78 Å². The van der Waals surface area contributed by atoms with Crippen LogP contribution in [0.1, 0.15) is 26.3 Å². The van der Waals surface area contributed by atoms with Crippen LogP contribution in [0.3, 0.4) is 0 Å². The highest BCUT2D eigenvalue weighted by Crippen LogP contribution is 2.31. The Labute approximate surface area is 109 Å². The highest BCUT2D eigenvalue weighted by molar-refractivity contribution is 5.59. The summed E-state index contributed by atoms with van der Waals surface area (Å²) in [5.41, 5.74) is 0.161. The molecule has 0 aliphatic heterocycles. The number of hydrogen-bond acceptors (Lipinski definition) is 1. The Morgan fingerprint density at radius 2 is 1.74 bits per heavy atom. The summed E-state index contributed by atoms with van der Waals surface area (Å²) in [6, 6.07) is 6.93. The third-order valence-corrected chi connectivity index (χ3v) is 2.76. The van der Waals surface area contributed by atoms with Gasteiger partial charge in [-0.25, -0.2) is 0 Å². The minimum absolute atomic E-state index is 0.195. The molecule has 19 heavy (non-hydrogen) atoms. The molecule has 0 unspecified atom stereocenters. The van der Waals surface area contributed by atoms with Crippen LogP contribution in [0.15, 0.2) is 36.5 Å². The second kappa shape index (κ2) is 4.40. The highest BCUT2D eigenvalue weighted by atomic mass is 19.4. The maximum Gasteiger partial charge on any atom is 0.416 e. The van der Waals surface area contributed by atoms with Crippen molar-refractivity contribution in [2.75, 3.05) is 0 Å². The average Bonchev–Trinajstić information content (AvgIpc) is 2.77. The Morgan fingerprint density at radius 1 is 1.05 bits per heavy atom. The van der Waals surface area contributed by atoms with Crippen LogP contribution in [0.25, 0.3) is 11.3 Å². The van der Waals surface area contributed by atoms with Crippen molar-refractivity contribution in [3.63, 3.8) is 0 Å². The van der Waals surface area contributed by atoms with E-state index < -0.39 is 11.7 Å². The fraction of sp³-hybridized carbons (Fsp3) is 0.357. The summed E-state index contributed by atoms with van der Waals surface area (Å²) in [5, 5.41) is 4.32. The van der Waals surface area contributed by atoms with E-state index in [9.17, 15) is 13.2 Å². The molecular weight excluding hydrogens is 253 g/mol. The van der Waals surface area contributed by atoms with Gasteiger partial charge < -0.3 is 0 Å². The number of alkyl halides is 3. The molecule has 1 heterocycles. The van der Waals surface area contributed by atoms with E-state index in [0.29, 0.717) is 11.3 Å². The van der Waals surface area contributed by atoms with Gasteiger partial charge in [-0.15, -0.1) is 0 Å². The van der Waals surface area contributed by atoms with Crippen molar-refractivity contribution in [2.45, 2.75) is 32.5 Å². The summed E-state index contributed by atoms with van der Waals surface area (Å²) in [5.74, 6) is 0. The Hall–Kier alpha value is -1.78. The first kappa shape index (κ1) is 13.6. The molecule has 1 aromatic carbocycles. The molecule has 0 bridgehead atoms. The lowest BCUT2D eigenvalue weighted by atomic mass is 10.1. The molecule has 2 rings (SSSR count). The van der Waals surface area contributed by atoms with Crippen molar-refractivity contribution in [3.8, 4) is 11.3 Å². The minimum Gasteiger partial charge on any atom is -0.267 e. The summed E-state index contributed by atoms with van der Waals surface area (Å²) in [4.78, 5) is 0. The molecule has 0 fully saturated rings. The highest BCUT2D eigenvalue weighted by Gasteiger charge is 2.30. The van der Waals surface area contributed by atoms with Crippen molar-refractivity contribution in [2.24, 2.45) is 0 Å². The summed E-state index contributed by atoms with van der Waals surface area (Å²) in [7, 11) is 0. The van der Waals surface area contributed by atoms with E-state index in [4.69, 9.17) is 0 Å². The Kier molecular flexibility index (Phi) is 3.16. The summed E-state index contributed by atoms with van der Waals surface area (Å²) < 4.78 is 39.7. The molecule has 0 aliphatic carbocycles. The fourth-order valence-electron chi connectivity index (χ4n) is 1.71. The molecule has 0 atom stereocenters. The van der Waals surface area contributed by atoms with Gasteiger partial charge in [0, 0.05) is 11.8 Å². The van der Waals surface area contributed by atoms with Crippen LogP contribution >= 0.6 is 0 Å². The van der Waals surface area contributed by atoms with Crippen molar-refractivity contribution in [3.05, 3.63) is 42.1 Å². The fourth-order valence-corrected chi connectivity index (χ4v) is 1.71. The molecule has 5 heteroatoms. The van der Waals surface area contributed by atoms with Gasteiger partial charge in [-0.1, -0.05) is 12.1 Å². The van der Waals surface area contributed by atoms with Crippen molar-refractivity contribution < 1.29 is 13.2 Å². The molecule has 2 aromatic rings. The Morgan fingerprint density at radius 3 is 2.26 bits per heavy atom. The first-order chi connectivity index (χ1) is 8.68. The van der Waals surface area contributed by atoms with Gasteiger partial charge in [-0.05, 0) is 39.0 Å². The second-order valence-corrected chi connectivity index (χ2v) is 5.39. The molecule has 0 saturated carbocycles. The Bertz CT molecular complexity index is 577. The predicted molar refractivity (Wildman–Crippen MR) is 67.7 cm³/mol. The minimum atomic E-state index is -4.33. The molecule has 0 radical (unpaired) electrons. The van der Waals surface area contributed by atoms with E-state index in [1.807, 2.05) is 20.8 Å². The maximum absolute atomic E-state index is 12.7. The van der Waals surface area contributed by atoms with Crippen LogP contribution in [-0.2, 0) is 11.7 Å².